The molecule has 0 aromatic carbocycles. The summed E-state index contributed by atoms with van der Waals surface area (Å²) in [6.07, 6.45) is 13.6. The highest BCUT2D eigenvalue weighted by Gasteiger charge is 2.02. The van der Waals surface area contributed by atoms with Gasteiger partial charge in [-0.2, -0.15) is 0 Å². The molecule has 0 saturated carbocycles. The number of hydrogen-bond acceptors (Lipinski definition) is 0. The minimum Gasteiger partial charge on any atom is -0.0837 e. The van der Waals surface area contributed by atoms with Crippen molar-refractivity contribution in [2.24, 2.45) is 5.92 Å². The lowest BCUT2D eigenvalue weighted by Crippen LogP contribution is -1.95. The third-order valence-electron chi connectivity index (χ3n) is 2.41. The summed E-state index contributed by atoms with van der Waals surface area (Å²) in [5.41, 5.74) is 1.56. The van der Waals surface area contributed by atoms with Crippen LogP contribution in [-0.4, -0.2) is 0 Å². The van der Waals surface area contributed by atoms with Crippen LogP contribution in [-0.2, 0) is 0 Å². The zero-order valence-electron chi connectivity index (χ0n) is 8.34. The smallest absolute Gasteiger partial charge is 0.0221 e. The molecule has 0 heteroatoms. The Labute approximate surface area is 76.4 Å². The molecule has 0 aliphatic heterocycles. The first-order valence-electron chi connectivity index (χ1n) is 5.20. The van der Waals surface area contributed by atoms with Crippen LogP contribution in [0.5, 0.6) is 0 Å². The molecule has 0 aromatic rings. The average molecular weight is 164 g/mol. The van der Waals surface area contributed by atoms with Gasteiger partial charge in [0.2, 0.25) is 0 Å². The maximum atomic E-state index is 2.43. The lowest BCUT2D eigenvalue weighted by atomic mass is 9.95. The fraction of sp³-hybridized carbons (Fsp3) is 0.667. The Bertz CT molecular complexity index is 174. The molecule has 0 bridgehead atoms. The molecule has 0 fully saturated rings. The third-order valence-corrected chi connectivity index (χ3v) is 2.41. The Morgan fingerprint density at radius 3 is 2.92 bits per heavy atom. The summed E-state index contributed by atoms with van der Waals surface area (Å²) < 4.78 is 0. The van der Waals surface area contributed by atoms with E-state index in [2.05, 4.69) is 32.1 Å². The van der Waals surface area contributed by atoms with Crippen molar-refractivity contribution in [3.05, 3.63) is 23.8 Å². The van der Waals surface area contributed by atoms with Gasteiger partial charge in [0.25, 0.3) is 0 Å². The minimum absolute atomic E-state index is 0.770. The SMILES string of the molecule is CCCCCC1=CC(C)CC=C1. The van der Waals surface area contributed by atoms with Crippen molar-refractivity contribution >= 4 is 0 Å². The van der Waals surface area contributed by atoms with Gasteiger partial charge in [-0.15, -0.1) is 0 Å². The molecule has 12 heavy (non-hydrogen) atoms. The largest absolute Gasteiger partial charge is 0.0837 e. The van der Waals surface area contributed by atoms with E-state index in [1.807, 2.05) is 0 Å². The van der Waals surface area contributed by atoms with Gasteiger partial charge in [-0.1, -0.05) is 50.5 Å². The summed E-state index contributed by atoms with van der Waals surface area (Å²) in [6.45, 7) is 4.55. The number of rotatable bonds is 4. The van der Waals surface area contributed by atoms with Gasteiger partial charge in [-0.3, -0.25) is 0 Å². The molecule has 0 saturated heterocycles. The van der Waals surface area contributed by atoms with Crippen molar-refractivity contribution in [2.45, 2.75) is 46.0 Å². The summed E-state index contributed by atoms with van der Waals surface area (Å²) in [6, 6.07) is 0. The van der Waals surface area contributed by atoms with Gasteiger partial charge in [0.05, 0.1) is 0 Å². The molecule has 0 amide bonds. The van der Waals surface area contributed by atoms with E-state index in [-0.39, 0.29) is 0 Å². The summed E-state index contributed by atoms with van der Waals surface area (Å²) in [5, 5.41) is 0. The molecule has 0 aromatic heterocycles. The molecule has 0 heterocycles. The van der Waals surface area contributed by atoms with Crippen molar-refractivity contribution in [2.75, 3.05) is 0 Å². The fourth-order valence-corrected chi connectivity index (χ4v) is 1.67. The highest BCUT2D eigenvalue weighted by Crippen LogP contribution is 2.20. The van der Waals surface area contributed by atoms with Crippen molar-refractivity contribution in [3.8, 4) is 0 Å². The molecule has 1 unspecified atom stereocenters. The summed E-state index contributed by atoms with van der Waals surface area (Å²) in [5.74, 6) is 0.770. The lowest BCUT2D eigenvalue weighted by molar-refractivity contribution is 0.688. The minimum atomic E-state index is 0.770. The molecule has 68 valence electrons. The van der Waals surface area contributed by atoms with Crippen LogP contribution in [0.4, 0.5) is 0 Å². The molecule has 0 spiro atoms. The van der Waals surface area contributed by atoms with Crippen molar-refractivity contribution in [1.29, 1.82) is 0 Å². The molecule has 0 radical (unpaired) electrons. The van der Waals surface area contributed by atoms with Crippen LogP contribution >= 0.6 is 0 Å². The van der Waals surface area contributed by atoms with Gasteiger partial charge in [-0.05, 0) is 25.2 Å². The predicted molar refractivity (Wildman–Crippen MR) is 55.1 cm³/mol. The van der Waals surface area contributed by atoms with Crippen LogP contribution in [0.15, 0.2) is 23.8 Å². The number of allylic oxidation sites excluding steroid dienone is 4. The van der Waals surface area contributed by atoms with Gasteiger partial charge in [-0.25, -0.2) is 0 Å². The first kappa shape index (κ1) is 9.57. The maximum Gasteiger partial charge on any atom is -0.0221 e. The second-order valence-corrected chi connectivity index (χ2v) is 3.81. The highest BCUT2D eigenvalue weighted by atomic mass is 14.1. The van der Waals surface area contributed by atoms with E-state index >= 15 is 0 Å². The van der Waals surface area contributed by atoms with Crippen LogP contribution in [0.2, 0.25) is 0 Å². The molecule has 1 aliphatic rings. The Hall–Kier alpha value is -0.520. The molecule has 1 atom stereocenters. The Kier molecular flexibility index (Phi) is 4.13. The number of unbranched alkanes of at least 4 members (excludes halogenated alkanes) is 2. The van der Waals surface area contributed by atoms with Crippen LogP contribution < -0.4 is 0 Å². The van der Waals surface area contributed by atoms with Gasteiger partial charge in [0, 0.05) is 0 Å². The van der Waals surface area contributed by atoms with Crippen molar-refractivity contribution in [1.82, 2.24) is 0 Å². The average Bonchev–Trinajstić information content (AvgIpc) is 2.05. The van der Waals surface area contributed by atoms with Gasteiger partial charge in [0.1, 0.15) is 0 Å². The van der Waals surface area contributed by atoms with Gasteiger partial charge >= 0.3 is 0 Å². The third kappa shape index (κ3) is 3.25. The highest BCUT2D eigenvalue weighted by molar-refractivity contribution is 5.23. The van der Waals surface area contributed by atoms with E-state index in [1.54, 1.807) is 5.57 Å². The van der Waals surface area contributed by atoms with Crippen LogP contribution in [0, 0.1) is 5.92 Å². The van der Waals surface area contributed by atoms with E-state index in [4.69, 9.17) is 0 Å². The zero-order chi connectivity index (χ0) is 8.81. The summed E-state index contributed by atoms with van der Waals surface area (Å²) in [7, 11) is 0. The molecule has 0 nitrogen and oxygen atoms in total. The maximum absolute atomic E-state index is 2.43. The van der Waals surface area contributed by atoms with E-state index in [1.165, 1.54) is 32.1 Å². The first-order valence-corrected chi connectivity index (χ1v) is 5.20. The quantitative estimate of drug-likeness (QED) is 0.549. The van der Waals surface area contributed by atoms with E-state index in [0.29, 0.717) is 0 Å². The lowest BCUT2D eigenvalue weighted by Gasteiger charge is -2.11. The topological polar surface area (TPSA) is 0 Å². The number of hydrogen-bond donors (Lipinski definition) is 0. The van der Waals surface area contributed by atoms with Crippen LogP contribution in [0.25, 0.3) is 0 Å². The normalized spacial score (nSPS) is 22.5. The predicted octanol–water partition coefficient (Wildman–Crippen LogP) is 4.09. The monoisotopic (exact) mass is 164 g/mol. The molecular weight excluding hydrogens is 144 g/mol. The zero-order valence-corrected chi connectivity index (χ0v) is 8.34. The Morgan fingerprint density at radius 1 is 1.42 bits per heavy atom. The van der Waals surface area contributed by atoms with Gasteiger partial charge < -0.3 is 0 Å². The van der Waals surface area contributed by atoms with Gasteiger partial charge in [0.15, 0.2) is 0 Å². The Morgan fingerprint density at radius 2 is 2.25 bits per heavy atom. The summed E-state index contributed by atoms with van der Waals surface area (Å²) in [4.78, 5) is 0. The molecule has 1 rings (SSSR count). The van der Waals surface area contributed by atoms with E-state index < -0.39 is 0 Å². The first-order chi connectivity index (χ1) is 5.83. The van der Waals surface area contributed by atoms with Crippen LogP contribution in [0.1, 0.15) is 46.0 Å². The Balaban J connectivity index is 2.26. The van der Waals surface area contributed by atoms with E-state index in [0.717, 1.165) is 5.92 Å². The fourth-order valence-electron chi connectivity index (χ4n) is 1.67. The molecular formula is C12H20. The standard InChI is InChI=1S/C12H20/c1-3-4-5-8-12-9-6-7-11(2)10-12/h6,9-11H,3-5,7-8H2,1-2H3. The van der Waals surface area contributed by atoms with E-state index in [9.17, 15) is 0 Å². The van der Waals surface area contributed by atoms with Crippen LogP contribution in [0.3, 0.4) is 0 Å². The second-order valence-electron chi connectivity index (χ2n) is 3.81. The molecule has 1 aliphatic carbocycles. The van der Waals surface area contributed by atoms with Crippen molar-refractivity contribution < 1.29 is 0 Å². The van der Waals surface area contributed by atoms with Crippen molar-refractivity contribution in [3.63, 3.8) is 0 Å². The summed E-state index contributed by atoms with van der Waals surface area (Å²) >= 11 is 0. The second kappa shape index (κ2) is 5.18. The molecule has 0 N–H and O–H groups in total.